The zero-order valence-electron chi connectivity index (χ0n) is 7.64. The van der Waals surface area contributed by atoms with E-state index in [2.05, 4.69) is 11.6 Å². The van der Waals surface area contributed by atoms with Crippen LogP contribution in [-0.4, -0.2) is 22.7 Å². The second kappa shape index (κ2) is 5.01. The molecule has 14 heavy (non-hydrogen) atoms. The maximum atomic E-state index is 10.6. The normalized spacial score (nSPS) is 9.43. The van der Waals surface area contributed by atoms with Crippen LogP contribution in [0.15, 0.2) is 31.0 Å². The zero-order chi connectivity index (χ0) is 10.4. The summed E-state index contributed by atoms with van der Waals surface area (Å²) >= 11 is 0. The molecule has 74 valence electrons. The summed E-state index contributed by atoms with van der Waals surface area (Å²) in [5.41, 5.74) is 0.175. The third kappa shape index (κ3) is 2.90. The van der Waals surface area contributed by atoms with Crippen molar-refractivity contribution in [3.05, 3.63) is 36.5 Å². The Bertz CT molecular complexity index is 336. The number of ether oxygens (including phenoxy) is 1. The van der Waals surface area contributed by atoms with E-state index in [9.17, 15) is 4.79 Å². The Hall–Kier alpha value is -1.84. The molecule has 0 saturated carbocycles. The van der Waals surface area contributed by atoms with Crippen molar-refractivity contribution >= 4 is 5.97 Å². The van der Waals surface area contributed by atoms with Gasteiger partial charge < -0.3 is 9.84 Å². The zero-order valence-corrected chi connectivity index (χ0v) is 7.64. The Kier molecular flexibility index (Phi) is 3.67. The van der Waals surface area contributed by atoms with E-state index in [0.29, 0.717) is 18.9 Å². The fraction of sp³-hybridized carbons (Fsp3) is 0.200. The van der Waals surface area contributed by atoms with Crippen LogP contribution in [0.1, 0.15) is 16.8 Å². The highest BCUT2D eigenvalue weighted by Crippen LogP contribution is 2.09. The number of carbonyl (C=O) groups is 1. The number of carboxylic acid groups (broad SMARTS) is 1. The second-order valence-electron chi connectivity index (χ2n) is 2.61. The van der Waals surface area contributed by atoms with E-state index in [1.165, 1.54) is 18.3 Å². The first kappa shape index (κ1) is 10.2. The van der Waals surface area contributed by atoms with Crippen molar-refractivity contribution in [1.82, 2.24) is 4.98 Å². The topological polar surface area (TPSA) is 59.4 Å². The van der Waals surface area contributed by atoms with E-state index in [0.717, 1.165) is 0 Å². The standard InChI is InChI=1S/C10H11NO3/c1-2-3-6-14-9-7-8(10(12)13)4-5-11-9/h2,4-5,7H,1,3,6H2,(H,12,13). The lowest BCUT2D eigenvalue weighted by atomic mass is 10.3. The molecular weight excluding hydrogens is 182 g/mol. The molecule has 1 aromatic rings. The molecule has 0 spiro atoms. The van der Waals surface area contributed by atoms with E-state index in [1.54, 1.807) is 6.08 Å². The summed E-state index contributed by atoms with van der Waals surface area (Å²) in [6, 6.07) is 2.81. The van der Waals surface area contributed by atoms with Gasteiger partial charge in [-0.25, -0.2) is 9.78 Å². The Morgan fingerprint density at radius 3 is 3.14 bits per heavy atom. The third-order valence-corrected chi connectivity index (χ3v) is 1.55. The summed E-state index contributed by atoms with van der Waals surface area (Å²) in [7, 11) is 0. The van der Waals surface area contributed by atoms with Gasteiger partial charge in [-0.2, -0.15) is 0 Å². The monoisotopic (exact) mass is 193 g/mol. The lowest BCUT2D eigenvalue weighted by Crippen LogP contribution is -2.01. The van der Waals surface area contributed by atoms with Gasteiger partial charge in [-0.3, -0.25) is 0 Å². The molecule has 0 aliphatic heterocycles. The third-order valence-electron chi connectivity index (χ3n) is 1.55. The molecule has 0 aromatic carbocycles. The minimum Gasteiger partial charge on any atom is -0.478 e. The first-order chi connectivity index (χ1) is 6.74. The maximum absolute atomic E-state index is 10.6. The van der Waals surface area contributed by atoms with E-state index in [1.807, 2.05) is 0 Å². The summed E-state index contributed by atoms with van der Waals surface area (Å²) in [6.45, 7) is 4.00. The number of aromatic nitrogens is 1. The van der Waals surface area contributed by atoms with Crippen molar-refractivity contribution in [2.24, 2.45) is 0 Å². The summed E-state index contributed by atoms with van der Waals surface area (Å²) < 4.78 is 5.19. The number of pyridine rings is 1. The van der Waals surface area contributed by atoms with Gasteiger partial charge in [-0.15, -0.1) is 6.58 Å². The molecule has 0 atom stereocenters. The van der Waals surface area contributed by atoms with Crippen LogP contribution < -0.4 is 4.74 Å². The molecule has 0 saturated heterocycles. The van der Waals surface area contributed by atoms with Crippen molar-refractivity contribution in [2.45, 2.75) is 6.42 Å². The molecule has 1 aromatic heterocycles. The molecule has 1 heterocycles. The highest BCUT2D eigenvalue weighted by molar-refractivity contribution is 5.87. The molecule has 0 fully saturated rings. The quantitative estimate of drug-likeness (QED) is 0.571. The molecule has 0 radical (unpaired) electrons. The van der Waals surface area contributed by atoms with Gasteiger partial charge in [0.25, 0.3) is 0 Å². The van der Waals surface area contributed by atoms with Crippen LogP contribution in [0, 0.1) is 0 Å². The van der Waals surface area contributed by atoms with Gasteiger partial charge >= 0.3 is 5.97 Å². The van der Waals surface area contributed by atoms with Gasteiger partial charge in [-0.05, 0) is 12.5 Å². The van der Waals surface area contributed by atoms with Crippen LogP contribution in [-0.2, 0) is 0 Å². The molecule has 4 nitrogen and oxygen atoms in total. The highest BCUT2D eigenvalue weighted by atomic mass is 16.5. The molecular formula is C10H11NO3. The van der Waals surface area contributed by atoms with Crippen molar-refractivity contribution in [2.75, 3.05) is 6.61 Å². The van der Waals surface area contributed by atoms with Gasteiger partial charge in [0.1, 0.15) is 0 Å². The molecule has 0 unspecified atom stereocenters. The molecule has 1 N–H and O–H groups in total. The average Bonchev–Trinajstić information content (AvgIpc) is 2.19. The highest BCUT2D eigenvalue weighted by Gasteiger charge is 2.03. The lowest BCUT2D eigenvalue weighted by molar-refractivity contribution is 0.0696. The van der Waals surface area contributed by atoms with Crippen molar-refractivity contribution in [1.29, 1.82) is 0 Å². The van der Waals surface area contributed by atoms with Crippen molar-refractivity contribution in [3.63, 3.8) is 0 Å². The fourth-order valence-electron chi connectivity index (χ4n) is 0.868. The number of hydrogen-bond acceptors (Lipinski definition) is 3. The largest absolute Gasteiger partial charge is 0.478 e. The van der Waals surface area contributed by atoms with Gasteiger partial charge in [0, 0.05) is 12.3 Å². The van der Waals surface area contributed by atoms with Crippen LogP contribution in [0.2, 0.25) is 0 Å². The van der Waals surface area contributed by atoms with Crippen LogP contribution in [0.3, 0.4) is 0 Å². The van der Waals surface area contributed by atoms with Crippen LogP contribution >= 0.6 is 0 Å². The summed E-state index contributed by atoms with van der Waals surface area (Å²) in [4.78, 5) is 14.5. The fourth-order valence-corrected chi connectivity index (χ4v) is 0.868. The van der Waals surface area contributed by atoms with Crippen molar-refractivity contribution < 1.29 is 14.6 Å². The van der Waals surface area contributed by atoms with Crippen LogP contribution in [0.25, 0.3) is 0 Å². The van der Waals surface area contributed by atoms with E-state index < -0.39 is 5.97 Å². The van der Waals surface area contributed by atoms with Gasteiger partial charge in [0.05, 0.1) is 12.2 Å². The van der Waals surface area contributed by atoms with Crippen LogP contribution in [0.4, 0.5) is 0 Å². The Morgan fingerprint density at radius 2 is 2.50 bits per heavy atom. The molecule has 4 heteroatoms. The molecule has 0 bridgehead atoms. The van der Waals surface area contributed by atoms with E-state index in [-0.39, 0.29) is 5.56 Å². The summed E-state index contributed by atoms with van der Waals surface area (Å²) in [6.07, 6.45) is 3.84. The number of aromatic carboxylic acids is 1. The number of rotatable bonds is 5. The number of carboxylic acids is 1. The van der Waals surface area contributed by atoms with Gasteiger partial charge in [-0.1, -0.05) is 6.08 Å². The summed E-state index contributed by atoms with van der Waals surface area (Å²) in [5.74, 6) is -0.660. The lowest BCUT2D eigenvalue weighted by Gasteiger charge is -2.03. The Morgan fingerprint density at radius 1 is 1.71 bits per heavy atom. The van der Waals surface area contributed by atoms with E-state index in [4.69, 9.17) is 9.84 Å². The second-order valence-corrected chi connectivity index (χ2v) is 2.61. The minimum absolute atomic E-state index is 0.175. The SMILES string of the molecule is C=CCCOc1cc(C(=O)O)ccn1. The van der Waals surface area contributed by atoms with Crippen LogP contribution in [0.5, 0.6) is 5.88 Å². The molecule has 0 amide bonds. The maximum Gasteiger partial charge on any atom is 0.335 e. The van der Waals surface area contributed by atoms with Crippen molar-refractivity contribution in [3.8, 4) is 5.88 Å². The smallest absolute Gasteiger partial charge is 0.335 e. The summed E-state index contributed by atoms with van der Waals surface area (Å²) in [5, 5.41) is 8.68. The Labute approximate surface area is 81.9 Å². The predicted octanol–water partition coefficient (Wildman–Crippen LogP) is 1.73. The van der Waals surface area contributed by atoms with Gasteiger partial charge in [0.2, 0.25) is 5.88 Å². The minimum atomic E-state index is -0.985. The van der Waals surface area contributed by atoms with Gasteiger partial charge in [0.15, 0.2) is 0 Å². The molecule has 1 rings (SSSR count). The molecule has 0 aliphatic rings. The predicted molar refractivity (Wildman–Crippen MR) is 51.5 cm³/mol. The molecule has 0 aliphatic carbocycles. The number of nitrogens with zero attached hydrogens (tertiary/aromatic N) is 1. The van der Waals surface area contributed by atoms with E-state index >= 15 is 0 Å². The Balaban J connectivity index is 2.63. The number of hydrogen-bond donors (Lipinski definition) is 1. The average molecular weight is 193 g/mol. The first-order valence-corrected chi connectivity index (χ1v) is 4.17. The first-order valence-electron chi connectivity index (χ1n) is 4.17.